The number of aromatic nitrogens is 1. The van der Waals surface area contributed by atoms with E-state index in [9.17, 15) is 0 Å². The highest BCUT2D eigenvalue weighted by Crippen LogP contribution is 2.33. The lowest BCUT2D eigenvalue weighted by molar-refractivity contribution is 0.333. The summed E-state index contributed by atoms with van der Waals surface area (Å²) in [6.07, 6.45) is 3.49. The van der Waals surface area contributed by atoms with E-state index in [1.54, 1.807) is 19.5 Å². The monoisotopic (exact) mass is 272 g/mol. The van der Waals surface area contributed by atoms with E-state index < -0.39 is 0 Å². The normalized spacial score (nSPS) is 11.9. The van der Waals surface area contributed by atoms with Gasteiger partial charge in [-0.05, 0) is 26.1 Å². The highest BCUT2D eigenvalue weighted by Gasteiger charge is 2.19. The van der Waals surface area contributed by atoms with Crippen molar-refractivity contribution in [2.45, 2.75) is 13.0 Å². The lowest BCUT2D eigenvalue weighted by Crippen LogP contribution is -2.19. The Labute approximate surface area is 119 Å². The lowest BCUT2D eigenvalue weighted by Gasteiger charge is -2.21. The molecule has 2 aromatic rings. The maximum atomic E-state index is 5.72. The first-order chi connectivity index (χ1) is 9.81. The fourth-order valence-electron chi connectivity index (χ4n) is 2.28. The molecule has 0 bridgehead atoms. The van der Waals surface area contributed by atoms with Crippen LogP contribution in [0.3, 0.4) is 0 Å². The summed E-state index contributed by atoms with van der Waals surface area (Å²) in [7, 11) is 3.58. The van der Waals surface area contributed by atoms with Crippen LogP contribution in [-0.2, 0) is 0 Å². The summed E-state index contributed by atoms with van der Waals surface area (Å²) in [5.41, 5.74) is 2.12. The molecule has 0 aliphatic heterocycles. The van der Waals surface area contributed by atoms with Gasteiger partial charge in [0.25, 0.3) is 0 Å². The van der Waals surface area contributed by atoms with Crippen molar-refractivity contribution in [1.29, 1.82) is 0 Å². The molecule has 0 amide bonds. The van der Waals surface area contributed by atoms with Crippen molar-refractivity contribution in [3.63, 3.8) is 0 Å². The lowest BCUT2D eigenvalue weighted by atomic mass is 9.98. The number of pyridine rings is 1. The van der Waals surface area contributed by atoms with Crippen molar-refractivity contribution in [3.05, 3.63) is 53.9 Å². The number of hydrogen-bond acceptors (Lipinski definition) is 4. The molecular weight excluding hydrogens is 252 g/mol. The van der Waals surface area contributed by atoms with Crippen molar-refractivity contribution in [1.82, 2.24) is 10.3 Å². The van der Waals surface area contributed by atoms with E-state index in [0.29, 0.717) is 6.61 Å². The number of nitrogens with zero attached hydrogens (tertiary/aromatic N) is 1. The van der Waals surface area contributed by atoms with E-state index in [0.717, 1.165) is 22.6 Å². The van der Waals surface area contributed by atoms with E-state index in [-0.39, 0.29) is 6.04 Å². The third kappa shape index (κ3) is 2.91. The van der Waals surface area contributed by atoms with E-state index in [1.807, 2.05) is 38.2 Å². The van der Waals surface area contributed by atoms with Crippen LogP contribution in [0.5, 0.6) is 11.5 Å². The van der Waals surface area contributed by atoms with Gasteiger partial charge in [-0.2, -0.15) is 0 Å². The number of nitrogens with one attached hydrogen (secondary N) is 1. The van der Waals surface area contributed by atoms with Crippen LogP contribution in [0.2, 0.25) is 0 Å². The molecule has 4 nitrogen and oxygen atoms in total. The molecule has 0 aliphatic carbocycles. The second kappa shape index (κ2) is 6.91. The highest BCUT2D eigenvalue weighted by atomic mass is 16.5. The van der Waals surface area contributed by atoms with E-state index in [4.69, 9.17) is 9.47 Å². The average Bonchev–Trinajstić information content (AvgIpc) is 2.50. The van der Waals surface area contributed by atoms with E-state index in [2.05, 4.69) is 16.4 Å². The third-order valence-corrected chi connectivity index (χ3v) is 3.17. The van der Waals surface area contributed by atoms with Crippen LogP contribution >= 0.6 is 0 Å². The smallest absolute Gasteiger partial charge is 0.142 e. The van der Waals surface area contributed by atoms with Gasteiger partial charge in [0.1, 0.15) is 11.5 Å². The molecular formula is C16H20N2O2. The Bertz CT molecular complexity index is 558. The highest BCUT2D eigenvalue weighted by molar-refractivity contribution is 5.45. The van der Waals surface area contributed by atoms with Gasteiger partial charge in [-0.3, -0.25) is 4.98 Å². The van der Waals surface area contributed by atoms with Crippen LogP contribution in [-0.4, -0.2) is 25.7 Å². The SMILES string of the molecule is CCOc1ccccc1C(NC)c1ccncc1OC. The molecule has 1 heterocycles. The Morgan fingerprint density at radius 1 is 1.15 bits per heavy atom. The second-order valence-electron chi connectivity index (χ2n) is 4.31. The molecule has 106 valence electrons. The quantitative estimate of drug-likeness (QED) is 0.878. The fraction of sp³-hybridized carbons (Fsp3) is 0.312. The van der Waals surface area contributed by atoms with Crippen molar-refractivity contribution in [2.24, 2.45) is 0 Å². The predicted molar refractivity (Wildman–Crippen MR) is 79.3 cm³/mol. The summed E-state index contributed by atoms with van der Waals surface area (Å²) in [6.45, 7) is 2.62. The second-order valence-corrected chi connectivity index (χ2v) is 4.31. The summed E-state index contributed by atoms with van der Waals surface area (Å²) < 4.78 is 11.1. The topological polar surface area (TPSA) is 43.4 Å². The average molecular weight is 272 g/mol. The number of benzene rings is 1. The van der Waals surface area contributed by atoms with Crippen LogP contribution < -0.4 is 14.8 Å². The zero-order valence-electron chi connectivity index (χ0n) is 12.1. The van der Waals surface area contributed by atoms with Crippen molar-refractivity contribution < 1.29 is 9.47 Å². The molecule has 2 rings (SSSR count). The minimum absolute atomic E-state index is 0.00398. The van der Waals surface area contributed by atoms with Gasteiger partial charge in [-0.1, -0.05) is 18.2 Å². The molecule has 1 atom stereocenters. The third-order valence-electron chi connectivity index (χ3n) is 3.17. The summed E-state index contributed by atoms with van der Waals surface area (Å²) in [5, 5.41) is 3.32. The van der Waals surface area contributed by atoms with Gasteiger partial charge in [0, 0.05) is 17.3 Å². The molecule has 1 aromatic heterocycles. The van der Waals surface area contributed by atoms with Gasteiger partial charge in [-0.25, -0.2) is 0 Å². The van der Waals surface area contributed by atoms with Crippen molar-refractivity contribution in [2.75, 3.05) is 20.8 Å². The number of ether oxygens (including phenoxy) is 2. The first kappa shape index (κ1) is 14.3. The molecule has 0 fully saturated rings. The van der Waals surface area contributed by atoms with Crippen molar-refractivity contribution >= 4 is 0 Å². The molecule has 0 saturated carbocycles. The maximum Gasteiger partial charge on any atom is 0.142 e. The van der Waals surface area contributed by atoms with Crippen LogP contribution in [0.25, 0.3) is 0 Å². The zero-order chi connectivity index (χ0) is 14.4. The number of methoxy groups -OCH3 is 1. The number of para-hydroxylation sites is 1. The summed E-state index contributed by atoms with van der Waals surface area (Å²) in [6, 6.07) is 9.99. The minimum Gasteiger partial charge on any atom is -0.495 e. The van der Waals surface area contributed by atoms with Crippen LogP contribution in [0, 0.1) is 0 Å². The molecule has 1 unspecified atom stereocenters. The van der Waals surface area contributed by atoms with Crippen LogP contribution in [0.1, 0.15) is 24.1 Å². The first-order valence-corrected chi connectivity index (χ1v) is 6.68. The Morgan fingerprint density at radius 2 is 1.90 bits per heavy atom. The zero-order valence-corrected chi connectivity index (χ0v) is 12.1. The molecule has 1 N–H and O–H groups in total. The standard InChI is InChI=1S/C16H20N2O2/c1-4-20-14-8-6-5-7-12(14)16(17-2)13-9-10-18-11-15(13)19-3/h5-11,16-17H,4H2,1-3H3. The van der Waals surface area contributed by atoms with Crippen LogP contribution in [0.4, 0.5) is 0 Å². The Hall–Kier alpha value is -2.07. The van der Waals surface area contributed by atoms with Gasteiger partial charge < -0.3 is 14.8 Å². The summed E-state index contributed by atoms with van der Waals surface area (Å²) in [4.78, 5) is 4.10. The van der Waals surface area contributed by atoms with Gasteiger partial charge in [0.2, 0.25) is 0 Å². The molecule has 0 spiro atoms. The number of hydrogen-bond donors (Lipinski definition) is 1. The van der Waals surface area contributed by atoms with E-state index >= 15 is 0 Å². The van der Waals surface area contributed by atoms with Gasteiger partial charge in [0.05, 0.1) is 26.0 Å². The molecule has 0 radical (unpaired) electrons. The molecule has 4 heteroatoms. The summed E-state index contributed by atoms with van der Waals surface area (Å²) >= 11 is 0. The first-order valence-electron chi connectivity index (χ1n) is 6.68. The van der Waals surface area contributed by atoms with Crippen molar-refractivity contribution in [3.8, 4) is 11.5 Å². The van der Waals surface area contributed by atoms with Crippen LogP contribution in [0.15, 0.2) is 42.7 Å². The Kier molecular flexibility index (Phi) is 4.96. The Morgan fingerprint density at radius 3 is 2.60 bits per heavy atom. The maximum absolute atomic E-state index is 5.72. The Balaban J connectivity index is 2.47. The summed E-state index contributed by atoms with van der Waals surface area (Å²) in [5.74, 6) is 1.64. The molecule has 20 heavy (non-hydrogen) atoms. The minimum atomic E-state index is -0.00398. The van der Waals surface area contributed by atoms with Gasteiger partial charge >= 0.3 is 0 Å². The fourth-order valence-corrected chi connectivity index (χ4v) is 2.28. The molecule has 0 aliphatic rings. The van der Waals surface area contributed by atoms with Gasteiger partial charge in [0.15, 0.2) is 0 Å². The number of rotatable bonds is 6. The molecule has 1 aromatic carbocycles. The van der Waals surface area contributed by atoms with Gasteiger partial charge in [-0.15, -0.1) is 0 Å². The predicted octanol–water partition coefficient (Wildman–Crippen LogP) is 2.80. The molecule has 0 saturated heterocycles. The van der Waals surface area contributed by atoms with E-state index in [1.165, 1.54) is 0 Å². The largest absolute Gasteiger partial charge is 0.495 e.